The van der Waals surface area contributed by atoms with E-state index < -0.39 is 0 Å². The first kappa shape index (κ1) is 14.1. The number of fused-ring (bicyclic) bond motifs is 1. The molecule has 0 unspecified atom stereocenters. The van der Waals surface area contributed by atoms with Crippen LogP contribution < -0.4 is 5.32 Å². The summed E-state index contributed by atoms with van der Waals surface area (Å²) in [7, 11) is 0. The topological polar surface area (TPSA) is 27.8 Å². The number of aromatic nitrogens is 1. The van der Waals surface area contributed by atoms with E-state index in [1.807, 2.05) is 30.5 Å². The molecular formula is C17H16ClFN2. The minimum absolute atomic E-state index is 0.180. The molecule has 0 saturated carbocycles. The van der Waals surface area contributed by atoms with E-state index in [0.29, 0.717) is 0 Å². The van der Waals surface area contributed by atoms with E-state index in [2.05, 4.69) is 10.3 Å². The normalized spacial score (nSPS) is 11.1. The fraction of sp³-hybridized carbons (Fsp3) is 0.176. The summed E-state index contributed by atoms with van der Waals surface area (Å²) < 4.78 is 13.1. The lowest BCUT2D eigenvalue weighted by molar-refractivity contribution is 0.622. The zero-order valence-corrected chi connectivity index (χ0v) is 12.3. The molecule has 0 atom stereocenters. The molecule has 2 N–H and O–H groups in total. The second-order valence-electron chi connectivity index (χ2n) is 5.06. The minimum atomic E-state index is -0.180. The van der Waals surface area contributed by atoms with Gasteiger partial charge in [0.1, 0.15) is 5.82 Å². The fourth-order valence-corrected chi connectivity index (χ4v) is 2.63. The first-order valence-corrected chi connectivity index (χ1v) is 7.31. The number of halogens is 2. The molecule has 0 saturated heterocycles. The highest BCUT2D eigenvalue weighted by atomic mass is 35.5. The molecule has 0 aliphatic carbocycles. The number of hydrogen-bond donors (Lipinski definition) is 2. The summed E-state index contributed by atoms with van der Waals surface area (Å²) in [5.74, 6) is -0.180. The van der Waals surface area contributed by atoms with Crippen LogP contribution in [-0.4, -0.2) is 11.5 Å². The Labute approximate surface area is 127 Å². The summed E-state index contributed by atoms with van der Waals surface area (Å²) in [4.78, 5) is 3.22. The van der Waals surface area contributed by atoms with Crippen LogP contribution in [-0.2, 0) is 13.0 Å². The summed E-state index contributed by atoms with van der Waals surface area (Å²) in [5, 5.41) is 5.30. The third-order valence-electron chi connectivity index (χ3n) is 3.52. The molecule has 0 fully saturated rings. The smallest absolute Gasteiger partial charge is 0.123 e. The second kappa shape index (κ2) is 6.29. The second-order valence-corrected chi connectivity index (χ2v) is 5.50. The van der Waals surface area contributed by atoms with Gasteiger partial charge >= 0.3 is 0 Å². The quantitative estimate of drug-likeness (QED) is 0.676. The highest BCUT2D eigenvalue weighted by Gasteiger charge is 2.03. The molecule has 0 aliphatic heterocycles. The van der Waals surface area contributed by atoms with Crippen molar-refractivity contribution in [1.82, 2.24) is 10.3 Å². The van der Waals surface area contributed by atoms with Crippen molar-refractivity contribution in [3.63, 3.8) is 0 Å². The van der Waals surface area contributed by atoms with Crippen molar-refractivity contribution >= 4 is 22.5 Å². The van der Waals surface area contributed by atoms with Crippen LogP contribution in [0.3, 0.4) is 0 Å². The maximum Gasteiger partial charge on any atom is 0.123 e. The van der Waals surface area contributed by atoms with Gasteiger partial charge in [0.15, 0.2) is 0 Å². The molecule has 108 valence electrons. The number of nitrogens with one attached hydrogen (secondary N) is 2. The molecule has 0 bridgehead atoms. The van der Waals surface area contributed by atoms with Crippen molar-refractivity contribution in [2.24, 2.45) is 0 Å². The van der Waals surface area contributed by atoms with Crippen molar-refractivity contribution in [1.29, 1.82) is 0 Å². The fourth-order valence-electron chi connectivity index (χ4n) is 2.45. The number of rotatable bonds is 5. The number of aromatic amines is 1. The first-order valence-electron chi connectivity index (χ1n) is 6.93. The molecular weight excluding hydrogens is 287 g/mol. The largest absolute Gasteiger partial charge is 0.361 e. The molecule has 3 rings (SSSR count). The van der Waals surface area contributed by atoms with Gasteiger partial charge in [0.25, 0.3) is 0 Å². The van der Waals surface area contributed by atoms with Crippen LogP contribution in [0, 0.1) is 5.82 Å². The Hall–Kier alpha value is -1.84. The van der Waals surface area contributed by atoms with Gasteiger partial charge < -0.3 is 10.3 Å². The Kier molecular flexibility index (Phi) is 4.23. The van der Waals surface area contributed by atoms with Crippen LogP contribution in [0.5, 0.6) is 0 Å². The van der Waals surface area contributed by atoms with Gasteiger partial charge in [-0.2, -0.15) is 0 Å². The molecule has 0 spiro atoms. The summed E-state index contributed by atoms with van der Waals surface area (Å²) in [6.07, 6.45) is 2.81. The van der Waals surface area contributed by atoms with Gasteiger partial charge in [0.2, 0.25) is 0 Å². The van der Waals surface area contributed by atoms with Crippen molar-refractivity contribution in [2.75, 3.05) is 6.54 Å². The number of hydrogen-bond acceptors (Lipinski definition) is 1. The average molecular weight is 303 g/mol. The lowest BCUT2D eigenvalue weighted by atomic mass is 10.1. The van der Waals surface area contributed by atoms with Crippen molar-refractivity contribution in [2.45, 2.75) is 13.0 Å². The summed E-state index contributed by atoms with van der Waals surface area (Å²) in [5.41, 5.74) is 3.26. The molecule has 21 heavy (non-hydrogen) atoms. The summed E-state index contributed by atoms with van der Waals surface area (Å²) >= 11 is 5.97. The number of H-pyrrole nitrogens is 1. The third-order valence-corrected chi connectivity index (χ3v) is 3.76. The van der Waals surface area contributed by atoms with E-state index in [1.165, 1.54) is 17.0 Å². The summed E-state index contributed by atoms with van der Waals surface area (Å²) in [6.45, 7) is 1.58. The van der Waals surface area contributed by atoms with Crippen LogP contribution in [0.25, 0.3) is 10.9 Å². The first-order chi connectivity index (χ1) is 10.2. The van der Waals surface area contributed by atoms with Gasteiger partial charge in [0, 0.05) is 28.7 Å². The van der Waals surface area contributed by atoms with Gasteiger partial charge in [-0.05, 0) is 48.4 Å². The maximum absolute atomic E-state index is 13.1. The molecule has 1 aromatic heterocycles. The monoisotopic (exact) mass is 302 g/mol. The SMILES string of the molecule is Fc1cccc(CCNCc2c[nH]c3cc(Cl)ccc23)c1. The third kappa shape index (κ3) is 3.43. The standard InChI is InChI=1S/C17H16ClFN2/c18-14-4-5-16-13(11-21-17(16)9-14)10-20-7-6-12-2-1-3-15(19)8-12/h1-5,8-9,11,20-21H,6-7,10H2. The zero-order valence-electron chi connectivity index (χ0n) is 11.5. The predicted octanol–water partition coefficient (Wildman–Crippen LogP) is 4.29. The average Bonchev–Trinajstić information content (AvgIpc) is 2.86. The molecule has 2 nitrogen and oxygen atoms in total. The Morgan fingerprint density at radius 1 is 1.14 bits per heavy atom. The van der Waals surface area contributed by atoms with Crippen molar-refractivity contribution in [3.05, 3.63) is 70.6 Å². The maximum atomic E-state index is 13.1. The molecule has 3 aromatic rings. The van der Waals surface area contributed by atoms with Crippen LogP contribution in [0.2, 0.25) is 5.02 Å². The summed E-state index contributed by atoms with van der Waals surface area (Å²) in [6, 6.07) is 12.6. The molecule has 0 radical (unpaired) electrons. The zero-order chi connectivity index (χ0) is 14.7. The van der Waals surface area contributed by atoms with E-state index in [-0.39, 0.29) is 5.82 Å². The van der Waals surface area contributed by atoms with Gasteiger partial charge in [-0.1, -0.05) is 29.8 Å². The van der Waals surface area contributed by atoms with Crippen LogP contribution >= 0.6 is 11.6 Å². The van der Waals surface area contributed by atoms with Crippen molar-refractivity contribution in [3.8, 4) is 0 Å². The molecule has 0 amide bonds. The Morgan fingerprint density at radius 2 is 2.05 bits per heavy atom. The lowest BCUT2D eigenvalue weighted by Crippen LogP contribution is -2.16. The van der Waals surface area contributed by atoms with E-state index in [4.69, 9.17) is 11.6 Å². The van der Waals surface area contributed by atoms with Crippen LogP contribution in [0.15, 0.2) is 48.7 Å². The Balaban J connectivity index is 1.57. The van der Waals surface area contributed by atoms with E-state index in [0.717, 1.165) is 35.6 Å². The van der Waals surface area contributed by atoms with Gasteiger partial charge in [-0.3, -0.25) is 0 Å². The minimum Gasteiger partial charge on any atom is -0.361 e. The Bertz CT molecular complexity index is 751. The number of benzene rings is 2. The molecule has 2 aromatic carbocycles. The van der Waals surface area contributed by atoms with E-state index >= 15 is 0 Å². The van der Waals surface area contributed by atoms with Gasteiger partial charge in [0.05, 0.1) is 0 Å². The predicted molar refractivity (Wildman–Crippen MR) is 85.1 cm³/mol. The van der Waals surface area contributed by atoms with E-state index in [9.17, 15) is 4.39 Å². The molecule has 1 heterocycles. The lowest BCUT2D eigenvalue weighted by Gasteiger charge is -2.04. The van der Waals surface area contributed by atoms with Crippen LogP contribution in [0.4, 0.5) is 4.39 Å². The molecule has 4 heteroatoms. The Morgan fingerprint density at radius 3 is 2.90 bits per heavy atom. The van der Waals surface area contributed by atoms with Gasteiger partial charge in [-0.15, -0.1) is 0 Å². The van der Waals surface area contributed by atoms with Gasteiger partial charge in [-0.25, -0.2) is 4.39 Å². The van der Waals surface area contributed by atoms with Crippen LogP contribution in [0.1, 0.15) is 11.1 Å². The highest BCUT2D eigenvalue weighted by molar-refractivity contribution is 6.31. The highest BCUT2D eigenvalue weighted by Crippen LogP contribution is 2.21. The molecule has 0 aliphatic rings. The van der Waals surface area contributed by atoms with Crippen molar-refractivity contribution < 1.29 is 4.39 Å². The van der Waals surface area contributed by atoms with E-state index in [1.54, 1.807) is 12.1 Å².